The molecule has 1 aliphatic rings. The summed E-state index contributed by atoms with van der Waals surface area (Å²) in [5.41, 5.74) is 2.90. The summed E-state index contributed by atoms with van der Waals surface area (Å²) in [7, 11) is 0. The third-order valence-corrected chi connectivity index (χ3v) is 3.07. The van der Waals surface area contributed by atoms with Gasteiger partial charge in [-0.1, -0.05) is 6.07 Å². The highest BCUT2D eigenvalue weighted by atomic mass is 16.4. The van der Waals surface area contributed by atoms with Crippen LogP contribution in [0.3, 0.4) is 0 Å². The van der Waals surface area contributed by atoms with Crippen molar-refractivity contribution in [2.24, 2.45) is 0 Å². The number of carboxylic acid groups (broad SMARTS) is 1. The molecule has 0 bridgehead atoms. The van der Waals surface area contributed by atoms with Crippen LogP contribution in [0.15, 0.2) is 12.1 Å². The molecule has 0 amide bonds. The molecule has 1 aromatic carbocycles. The maximum absolute atomic E-state index is 10.7. The van der Waals surface area contributed by atoms with Gasteiger partial charge in [-0.05, 0) is 31.0 Å². The van der Waals surface area contributed by atoms with E-state index in [4.69, 9.17) is 5.11 Å². The fourth-order valence-electron chi connectivity index (χ4n) is 2.37. The van der Waals surface area contributed by atoms with Gasteiger partial charge < -0.3 is 10.2 Å². The Morgan fingerprint density at radius 1 is 1.56 bits per heavy atom. The first-order valence-electron chi connectivity index (χ1n) is 5.27. The molecule has 0 fully saturated rings. The maximum atomic E-state index is 10.7. The molecule has 0 aliphatic carbocycles. The lowest BCUT2D eigenvalue weighted by atomic mass is 10.0. The molecule has 86 valence electrons. The van der Waals surface area contributed by atoms with E-state index in [1.54, 1.807) is 6.07 Å². The Morgan fingerprint density at radius 2 is 2.25 bits per heavy atom. The second kappa shape index (κ2) is 3.79. The molecule has 0 saturated carbocycles. The van der Waals surface area contributed by atoms with Crippen LogP contribution in [0.2, 0.25) is 0 Å². The van der Waals surface area contributed by atoms with Gasteiger partial charge in [0.25, 0.3) is 0 Å². The predicted molar refractivity (Wildman–Crippen MR) is 59.3 cm³/mol. The number of nitrogens with zero attached hydrogens (tertiary/aromatic N) is 1. The number of phenols is 1. The molecular formula is C12H15NO3. The zero-order chi connectivity index (χ0) is 11.9. The number of carboxylic acids is 1. The number of benzene rings is 1. The lowest BCUT2D eigenvalue weighted by molar-refractivity contribution is -0.138. The molecule has 2 rings (SSSR count). The van der Waals surface area contributed by atoms with E-state index >= 15 is 0 Å². The van der Waals surface area contributed by atoms with Gasteiger partial charge in [0.1, 0.15) is 5.75 Å². The monoisotopic (exact) mass is 221 g/mol. The lowest BCUT2D eigenvalue weighted by Crippen LogP contribution is -2.26. The summed E-state index contributed by atoms with van der Waals surface area (Å²) < 4.78 is 0. The van der Waals surface area contributed by atoms with Gasteiger partial charge >= 0.3 is 5.97 Å². The quantitative estimate of drug-likeness (QED) is 0.797. The normalized spacial score (nSPS) is 19.8. The van der Waals surface area contributed by atoms with Crippen molar-refractivity contribution < 1.29 is 15.0 Å². The number of rotatable bonds is 2. The van der Waals surface area contributed by atoms with Gasteiger partial charge in [0.15, 0.2) is 0 Å². The Morgan fingerprint density at radius 3 is 2.88 bits per heavy atom. The van der Waals surface area contributed by atoms with Crippen molar-refractivity contribution in [2.45, 2.75) is 26.4 Å². The van der Waals surface area contributed by atoms with E-state index in [0.717, 1.165) is 16.7 Å². The van der Waals surface area contributed by atoms with E-state index < -0.39 is 5.97 Å². The summed E-state index contributed by atoms with van der Waals surface area (Å²) in [6.45, 7) is 4.45. The highest BCUT2D eigenvalue weighted by molar-refractivity contribution is 5.69. The molecule has 0 aromatic heterocycles. The molecule has 0 saturated heterocycles. The number of aromatic hydroxyl groups is 1. The summed E-state index contributed by atoms with van der Waals surface area (Å²) in [5.74, 6) is -0.564. The Bertz CT molecular complexity index is 442. The third kappa shape index (κ3) is 1.76. The van der Waals surface area contributed by atoms with Gasteiger partial charge in [-0.2, -0.15) is 0 Å². The molecular weight excluding hydrogens is 206 g/mol. The van der Waals surface area contributed by atoms with Gasteiger partial charge in [0, 0.05) is 18.2 Å². The number of phenolic OH excluding ortho intramolecular Hbond substituents is 1. The van der Waals surface area contributed by atoms with Crippen LogP contribution in [0, 0.1) is 6.92 Å². The van der Waals surface area contributed by atoms with Crippen LogP contribution in [0.1, 0.15) is 29.7 Å². The molecule has 16 heavy (non-hydrogen) atoms. The SMILES string of the molecule is Cc1cc(O)c2c(c1)CN(CC(=O)O)C2C. The molecule has 1 unspecified atom stereocenters. The molecule has 4 heteroatoms. The number of aryl methyl sites for hydroxylation is 1. The van der Waals surface area contributed by atoms with Crippen molar-refractivity contribution in [1.29, 1.82) is 0 Å². The van der Waals surface area contributed by atoms with Crippen LogP contribution in [-0.2, 0) is 11.3 Å². The van der Waals surface area contributed by atoms with Gasteiger partial charge in [0.05, 0.1) is 6.54 Å². The van der Waals surface area contributed by atoms with E-state index in [2.05, 4.69) is 0 Å². The molecule has 4 nitrogen and oxygen atoms in total. The fourth-order valence-corrected chi connectivity index (χ4v) is 2.37. The summed E-state index contributed by atoms with van der Waals surface area (Å²) >= 11 is 0. The Hall–Kier alpha value is -1.55. The molecule has 0 radical (unpaired) electrons. The number of fused-ring (bicyclic) bond motifs is 1. The van der Waals surface area contributed by atoms with E-state index in [9.17, 15) is 9.90 Å². The average Bonchev–Trinajstić information content (AvgIpc) is 2.41. The third-order valence-electron chi connectivity index (χ3n) is 3.07. The average molecular weight is 221 g/mol. The van der Waals surface area contributed by atoms with Crippen LogP contribution in [0.5, 0.6) is 5.75 Å². The molecule has 1 aromatic rings. The summed E-state index contributed by atoms with van der Waals surface area (Å²) in [5, 5.41) is 18.7. The highest BCUT2D eigenvalue weighted by Crippen LogP contribution is 2.39. The largest absolute Gasteiger partial charge is 0.508 e. The Kier molecular flexibility index (Phi) is 2.59. The maximum Gasteiger partial charge on any atom is 0.317 e. The summed E-state index contributed by atoms with van der Waals surface area (Å²) in [6.07, 6.45) is 0. The zero-order valence-corrected chi connectivity index (χ0v) is 9.40. The Labute approximate surface area is 94.1 Å². The van der Waals surface area contributed by atoms with Crippen LogP contribution in [0.4, 0.5) is 0 Å². The van der Waals surface area contributed by atoms with Gasteiger partial charge in [-0.25, -0.2) is 0 Å². The van der Waals surface area contributed by atoms with Crippen molar-refractivity contribution in [3.63, 3.8) is 0 Å². The van der Waals surface area contributed by atoms with Gasteiger partial charge in [-0.3, -0.25) is 9.69 Å². The molecule has 1 atom stereocenters. The minimum atomic E-state index is -0.837. The van der Waals surface area contributed by atoms with E-state index in [0.29, 0.717) is 6.54 Å². The second-order valence-electron chi connectivity index (χ2n) is 4.33. The van der Waals surface area contributed by atoms with Gasteiger partial charge in [0.2, 0.25) is 0 Å². The van der Waals surface area contributed by atoms with E-state index in [-0.39, 0.29) is 18.3 Å². The van der Waals surface area contributed by atoms with Crippen molar-refractivity contribution in [2.75, 3.05) is 6.54 Å². The number of hydrogen-bond donors (Lipinski definition) is 2. The molecule has 1 aliphatic heterocycles. The summed E-state index contributed by atoms with van der Waals surface area (Å²) in [4.78, 5) is 12.5. The van der Waals surface area contributed by atoms with Crippen molar-refractivity contribution in [1.82, 2.24) is 4.90 Å². The van der Waals surface area contributed by atoms with Crippen molar-refractivity contribution >= 4 is 5.97 Å². The standard InChI is InChI=1S/C12H15NO3/c1-7-3-9-5-13(6-11(15)16)8(2)12(9)10(14)4-7/h3-4,8,14H,5-6H2,1-2H3,(H,15,16). The fraction of sp³-hybridized carbons (Fsp3) is 0.417. The molecule has 0 spiro atoms. The first kappa shape index (κ1) is 11.0. The summed E-state index contributed by atoms with van der Waals surface area (Å²) in [6, 6.07) is 3.69. The van der Waals surface area contributed by atoms with Crippen LogP contribution in [-0.4, -0.2) is 27.6 Å². The smallest absolute Gasteiger partial charge is 0.317 e. The van der Waals surface area contributed by atoms with Crippen molar-refractivity contribution in [3.05, 3.63) is 28.8 Å². The first-order chi connectivity index (χ1) is 7.49. The zero-order valence-electron chi connectivity index (χ0n) is 9.40. The topological polar surface area (TPSA) is 60.8 Å². The number of hydrogen-bond acceptors (Lipinski definition) is 3. The second-order valence-corrected chi connectivity index (χ2v) is 4.33. The van der Waals surface area contributed by atoms with Gasteiger partial charge in [-0.15, -0.1) is 0 Å². The van der Waals surface area contributed by atoms with Crippen LogP contribution >= 0.6 is 0 Å². The first-order valence-corrected chi connectivity index (χ1v) is 5.27. The lowest BCUT2D eigenvalue weighted by Gasteiger charge is -2.19. The number of carbonyl (C=O) groups is 1. The number of aliphatic carboxylic acids is 1. The Balaban J connectivity index is 2.34. The minimum absolute atomic E-state index is 0.00827. The highest BCUT2D eigenvalue weighted by Gasteiger charge is 2.30. The minimum Gasteiger partial charge on any atom is -0.508 e. The van der Waals surface area contributed by atoms with E-state index in [1.807, 2.05) is 24.8 Å². The molecule has 1 heterocycles. The van der Waals surface area contributed by atoms with E-state index in [1.165, 1.54) is 0 Å². The predicted octanol–water partition coefficient (Wildman–Crippen LogP) is 1.66. The van der Waals surface area contributed by atoms with Crippen LogP contribution < -0.4 is 0 Å². The van der Waals surface area contributed by atoms with Crippen LogP contribution in [0.25, 0.3) is 0 Å². The van der Waals surface area contributed by atoms with Crippen molar-refractivity contribution in [3.8, 4) is 5.75 Å². The molecule has 2 N–H and O–H groups in total.